The van der Waals surface area contributed by atoms with Crippen molar-refractivity contribution in [3.8, 4) is 16.8 Å². The van der Waals surface area contributed by atoms with E-state index in [1.165, 1.54) is 23.7 Å². The summed E-state index contributed by atoms with van der Waals surface area (Å²) in [7, 11) is 0. The second-order valence-electron chi connectivity index (χ2n) is 4.80. The molecule has 24 heavy (non-hydrogen) atoms. The van der Waals surface area contributed by atoms with Gasteiger partial charge in [-0.25, -0.2) is 9.78 Å². The molecule has 1 aromatic carbocycles. The quantitative estimate of drug-likeness (QED) is 0.519. The Morgan fingerprint density at radius 3 is 2.88 bits per heavy atom. The number of carbonyl (C=O) groups is 1. The van der Waals surface area contributed by atoms with E-state index in [1.54, 1.807) is 30.3 Å². The fourth-order valence-corrected chi connectivity index (χ4v) is 2.57. The van der Waals surface area contributed by atoms with Crippen LogP contribution in [0.4, 0.5) is 0 Å². The monoisotopic (exact) mass is 336 g/mol. The largest absolute Gasteiger partial charge is 0.456 e. The van der Waals surface area contributed by atoms with Crippen LogP contribution in [-0.2, 0) is 16.1 Å². The van der Waals surface area contributed by atoms with E-state index >= 15 is 0 Å². The standard InChI is InChI=1S/C18H12N2O3S/c19-10-14-5-3-13(4-6-14)7-8-17(21)22-11-15-12-23-18(20-15)16-2-1-9-24-16/h1-9,12H,11H2/b8-7+. The number of rotatable bonds is 5. The van der Waals surface area contributed by atoms with Crippen molar-refractivity contribution in [2.75, 3.05) is 0 Å². The third-order valence-electron chi connectivity index (χ3n) is 3.10. The predicted octanol–water partition coefficient (Wildman–Crippen LogP) is 4.03. The van der Waals surface area contributed by atoms with Crippen LogP contribution < -0.4 is 0 Å². The summed E-state index contributed by atoms with van der Waals surface area (Å²) in [6, 6.07) is 12.8. The zero-order valence-corrected chi connectivity index (χ0v) is 13.3. The number of hydrogen-bond acceptors (Lipinski definition) is 6. The van der Waals surface area contributed by atoms with Crippen molar-refractivity contribution >= 4 is 23.4 Å². The van der Waals surface area contributed by atoms with Gasteiger partial charge in [0.25, 0.3) is 0 Å². The Balaban J connectivity index is 1.53. The Bertz CT molecular complexity index is 887. The number of hydrogen-bond donors (Lipinski definition) is 0. The highest BCUT2D eigenvalue weighted by atomic mass is 32.1. The van der Waals surface area contributed by atoms with Crippen LogP contribution in [-0.4, -0.2) is 11.0 Å². The van der Waals surface area contributed by atoms with Crippen LogP contribution in [0.3, 0.4) is 0 Å². The summed E-state index contributed by atoms with van der Waals surface area (Å²) >= 11 is 1.53. The van der Waals surface area contributed by atoms with Gasteiger partial charge in [-0.2, -0.15) is 5.26 Å². The van der Waals surface area contributed by atoms with E-state index in [-0.39, 0.29) is 6.61 Å². The third kappa shape index (κ3) is 3.97. The molecule has 0 bridgehead atoms. The maximum Gasteiger partial charge on any atom is 0.331 e. The van der Waals surface area contributed by atoms with Gasteiger partial charge in [-0.3, -0.25) is 0 Å². The fourth-order valence-electron chi connectivity index (χ4n) is 1.91. The first-order valence-electron chi connectivity index (χ1n) is 7.08. The molecule has 2 aromatic heterocycles. The zero-order chi connectivity index (χ0) is 16.8. The number of oxazole rings is 1. The molecule has 0 unspecified atom stereocenters. The Kier molecular flexibility index (Phi) is 4.84. The number of carbonyl (C=O) groups excluding carboxylic acids is 1. The van der Waals surface area contributed by atoms with Crippen molar-refractivity contribution in [3.63, 3.8) is 0 Å². The van der Waals surface area contributed by atoms with E-state index < -0.39 is 5.97 Å². The number of ether oxygens (including phenoxy) is 1. The lowest BCUT2D eigenvalue weighted by Crippen LogP contribution is -2.00. The summed E-state index contributed by atoms with van der Waals surface area (Å²) in [5.41, 5.74) is 1.94. The van der Waals surface area contributed by atoms with Gasteiger partial charge in [0, 0.05) is 6.08 Å². The van der Waals surface area contributed by atoms with Crippen molar-refractivity contribution in [2.45, 2.75) is 6.61 Å². The van der Waals surface area contributed by atoms with Crippen LogP contribution in [0.25, 0.3) is 16.8 Å². The van der Waals surface area contributed by atoms with Gasteiger partial charge in [0.15, 0.2) is 0 Å². The maximum absolute atomic E-state index is 11.7. The molecule has 0 fully saturated rings. The number of nitrogens with zero attached hydrogens (tertiary/aromatic N) is 2. The Labute approximate surface area is 142 Å². The average molecular weight is 336 g/mol. The van der Waals surface area contributed by atoms with Crippen LogP contribution in [0, 0.1) is 11.3 Å². The number of esters is 1. The van der Waals surface area contributed by atoms with E-state index in [2.05, 4.69) is 4.98 Å². The molecule has 0 saturated carbocycles. The molecule has 118 valence electrons. The molecule has 0 spiro atoms. The Morgan fingerprint density at radius 1 is 1.33 bits per heavy atom. The first-order chi connectivity index (χ1) is 11.7. The van der Waals surface area contributed by atoms with Gasteiger partial charge in [-0.05, 0) is 35.2 Å². The van der Waals surface area contributed by atoms with E-state index in [0.717, 1.165) is 10.4 Å². The summed E-state index contributed by atoms with van der Waals surface area (Å²) in [6.45, 7) is 0.0470. The summed E-state index contributed by atoms with van der Waals surface area (Å²) in [6.07, 6.45) is 4.44. The minimum absolute atomic E-state index is 0.0470. The molecule has 3 aromatic rings. The summed E-state index contributed by atoms with van der Waals surface area (Å²) in [4.78, 5) is 16.9. The number of nitriles is 1. The fraction of sp³-hybridized carbons (Fsp3) is 0.0556. The minimum Gasteiger partial charge on any atom is -0.456 e. The molecule has 0 atom stereocenters. The van der Waals surface area contributed by atoms with Gasteiger partial charge >= 0.3 is 5.97 Å². The topological polar surface area (TPSA) is 76.1 Å². The first-order valence-corrected chi connectivity index (χ1v) is 7.96. The smallest absolute Gasteiger partial charge is 0.331 e. The highest BCUT2D eigenvalue weighted by Crippen LogP contribution is 2.23. The highest BCUT2D eigenvalue weighted by molar-refractivity contribution is 7.13. The number of benzene rings is 1. The molecular weight excluding hydrogens is 324 g/mol. The molecule has 0 N–H and O–H groups in total. The molecule has 0 amide bonds. The minimum atomic E-state index is -0.472. The van der Waals surface area contributed by atoms with Crippen molar-refractivity contribution in [3.05, 3.63) is 70.9 Å². The molecule has 5 nitrogen and oxygen atoms in total. The molecular formula is C18H12N2O3S. The van der Waals surface area contributed by atoms with Crippen LogP contribution in [0.1, 0.15) is 16.8 Å². The van der Waals surface area contributed by atoms with Crippen LogP contribution in [0.2, 0.25) is 0 Å². The second-order valence-corrected chi connectivity index (χ2v) is 5.74. The van der Waals surface area contributed by atoms with Crippen molar-refractivity contribution in [2.24, 2.45) is 0 Å². The van der Waals surface area contributed by atoms with Gasteiger partial charge in [0.2, 0.25) is 5.89 Å². The Morgan fingerprint density at radius 2 is 2.17 bits per heavy atom. The van der Waals surface area contributed by atoms with Gasteiger partial charge < -0.3 is 9.15 Å². The SMILES string of the molecule is N#Cc1ccc(/C=C/C(=O)OCc2coc(-c3cccs3)n2)cc1. The van der Waals surface area contributed by atoms with Crippen LogP contribution in [0.5, 0.6) is 0 Å². The van der Waals surface area contributed by atoms with Crippen molar-refractivity contribution in [1.29, 1.82) is 5.26 Å². The van der Waals surface area contributed by atoms with E-state index in [4.69, 9.17) is 14.4 Å². The molecule has 0 saturated heterocycles. The zero-order valence-electron chi connectivity index (χ0n) is 12.5. The van der Waals surface area contributed by atoms with E-state index in [1.807, 2.05) is 23.6 Å². The van der Waals surface area contributed by atoms with Gasteiger partial charge in [0.1, 0.15) is 18.6 Å². The maximum atomic E-state index is 11.7. The van der Waals surface area contributed by atoms with Crippen LogP contribution >= 0.6 is 11.3 Å². The van der Waals surface area contributed by atoms with Gasteiger partial charge in [-0.1, -0.05) is 18.2 Å². The predicted molar refractivity (Wildman–Crippen MR) is 89.8 cm³/mol. The number of aromatic nitrogens is 1. The summed E-state index contributed by atoms with van der Waals surface area (Å²) in [5.74, 6) is 0.0456. The normalized spacial score (nSPS) is 10.6. The molecule has 0 aliphatic carbocycles. The first kappa shape index (κ1) is 15.7. The second kappa shape index (κ2) is 7.40. The van der Waals surface area contributed by atoms with Crippen LogP contribution in [0.15, 0.2) is 58.5 Å². The van der Waals surface area contributed by atoms with Crippen molar-refractivity contribution < 1.29 is 13.9 Å². The van der Waals surface area contributed by atoms with E-state index in [0.29, 0.717) is 17.1 Å². The summed E-state index contributed by atoms with van der Waals surface area (Å²) < 4.78 is 10.5. The highest BCUT2D eigenvalue weighted by Gasteiger charge is 2.08. The summed E-state index contributed by atoms with van der Waals surface area (Å²) in [5, 5.41) is 10.7. The molecule has 3 rings (SSSR count). The molecule has 6 heteroatoms. The van der Waals surface area contributed by atoms with E-state index in [9.17, 15) is 4.79 Å². The van der Waals surface area contributed by atoms with Gasteiger partial charge in [0.05, 0.1) is 16.5 Å². The number of thiophene rings is 1. The lowest BCUT2D eigenvalue weighted by molar-refractivity contribution is -0.139. The molecule has 2 heterocycles. The third-order valence-corrected chi connectivity index (χ3v) is 3.96. The average Bonchev–Trinajstić information content (AvgIpc) is 3.29. The molecule has 0 aliphatic rings. The lowest BCUT2D eigenvalue weighted by Gasteiger charge is -1.98. The van der Waals surface area contributed by atoms with Gasteiger partial charge in [-0.15, -0.1) is 11.3 Å². The lowest BCUT2D eigenvalue weighted by atomic mass is 10.1. The Hall–Kier alpha value is -3.17. The molecule has 0 radical (unpaired) electrons. The van der Waals surface area contributed by atoms with Crippen molar-refractivity contribution in [1.82, 2.24) is 4.98 Å². The molecule has 0 aliphatic heterocycles.